The molecule has 0 aromatic heterocycles. The van der Waals surface area contributed by atoms with Crippen LogP contribution in [-0.2, 0) is 4.74 Å². The van der Waals surface area contributed by atoms with Crippen LogP contribution < -0.4 is 5.73 Å². The lowest BCUT2D eigenvalue weighted by molar-refractivity contribution is 0.180. The third-order valence-electron chi connectivity index (χ3n) is 3.11. The highest BCUT2D eigenvalue weighted by Crippen LogP contribution is 2.29. The number of nitrogens with two attached hydrogens (primary N) is 1. The molecule has 1 aliphatic heterocycles. The smallest absolute Gasteiger partial charge is 0.128 e. The molecule has 88 valence electrons. The third kappa shape index (κ3) is 2.08. The summed E-state index contributed by atoms with van der Waals surface area (Å²) in [6.45, 7) is 2.71. The summed E-state index contributed by atoms with van der Waals surface area (Å²) in [4.78, 5) is 0. The SMILES string of the molecule is Cc1cc(F)c(C(N)C2CCOC2)cc1F. The Hall–Kier alpha value is -1.00. The largest absolute Gasteiger partial charge is 0.381 e. The van der Waals surface area contributed by atoms with Gasteiger partial charge in [0, 0.05) is 24.1 Å². The average Bonchev–Trinajstić information content (AvgIpc) is 2.75. The highest BCUT2D eigenvalue weighted by Gasteiger charge is 2.26. The van der Waals surface area contributed by atoms with E-state index in [4.69, 9.17) is 10.5 Å². The van der Waals surface area contributed by atoms with Crippen molar-refractivity contribution in [3.05, 3.63) is 34.9 Å². The molecule has 2 rings (SSSR count). The van der Waals surface area contributed by atoms with Gasteiger partial charge in [-0.3, -0.25) is 0 Å². The van der Waals surface area contributed by atoms with Gasteiger partial charge in [0.05, 0.1) is 6.61 Å². The summed E-state index contributed by atoms with van der Waals surface area (Å²) < 4.78 is 32.2. The van der Waals surface area contributed by atoms with Crippen molar-refractivity contribution in [1.29, 1.82) is 0 Å². The molecule has 0 bridgehead atoms. The fourth-order valence-corrected chi connectivity index (χ4v) is 2.01. The monoisotopic (exact) mass is 227 g/mol. The second kappa shape index (κ2) is 4.47. The number of hydrogen-bond donors (Lipinski definition) is 1. The first-order valence-corrected chi connectivity index (χ1v) is 5.38. The predicted octanol–water partition coefficient (Wildman–Crippen LogP) is 2.31. The summed E-state index contributed by atoms with van der Waals surface area (Å²) in [5, 5.41) is 0. The van der Waals surface area contributed by atoms with E-state index in [9.17, 15) is 8.78 Å². The van der Waals surface area contributed by atoms with Gasteiger partial charge in [-0.15, -0.1) is 0 Å². The van der Waals surface area contributed by atoms with Gasteiger partial charge in [0.15, 0.2) is 0 Å². The molecule has 0 aliphatic carbocycles. The number of aryl methyl sites for hydroxylation is 1. The topological polar surface area (TPSA) is 35.2 Å². The number of rotatable bonds is 2. The van der Waals surface area contributed by atoms with Crippen molar-refractivity contribution >= 4 is 0 Å². The van der Waals surface area contributed by atoms with Gasteiger partial charge < -0.3 is 10.5 Å². The van der Waals surface area contributed by atoms with Crippen molar-refractivity contribution in [2.45, 2.75) is 19.4 Å². The maximum Gasteiger partial charge on any atom is 0.128 e. The summed E-state index contributed by atoms with van der Waals surface area (Å²) in [5.74, 6) is -0.763. The Balaban J connectivity index is 2.28. The Bertz CT molecular complexity index is 389. The summed E-state index contributed by atoms with van der Waals surface area (Å²) in [6, 6.07) is 1.91. The summed E-state index contributed by atoms with van der Waals surface area (Å²) in [7, 11) is 0. The van der Waals surface area contributed by atoms with Gasteiger partial charge in [0.25, 0.3) is 0 Å². The van der Waals surface area contributed by atoms with E-state index in [1.807, 2.05) is 0 Å². The van der Waals surface area contributed by atoms with Crippen LogP contribution in [0.4, 0.5) is 8.78 Å². The standard InChI is InChI=1S/C12H15F2NO/c1-7-4-11(14)9(5-10(7)13)12(15)8-2-3-16-6-8/h4-5,8,12H,2-3,6,15H2,1H3. The Kier molecular flexibility index (Phi) is 3.21. The minimum atomic E-state index is -0.488. The van der Waals surface area contributed by atoms with Crippen molar-refractivity contribution in [3.63, 3.8) is 0 Å². The van der Waals surface area contributed by atoms with E-state index in [0.717, 1.165) is 6.42 Å². The van der Waals surface area contributed by atoms with E-state index in [0.29, 0.717) is 18.8 Å². The molecule has 4 heteroatoms. The van der Waals surface area contributed by atoms with Crippen LogP contribution in [0.15, 0.2) is 12.1 Å². The van der Waals surface area contributed by atoms with Gasteiger partial charge in [-0.1, -0.05) is 0 Å². The fraction of sp³-hybridized carbons (Fsp3) is 0.500. The third-order valence-corrected chi connectivity index (χ3v) is 3.11. The lowest BCUT2D eigenvalue weighted by atomic mass is 9.92. The number of ether oxygens (including phenoxy) is 1. The number of hydrogen-bond acceptors (Lipinski definition) is 2. The molecule has 1 heterocycles. The maximum atomic E-state index is 13.6. The van der Waals surface area contributed by atoms with Crippen molar-refractivity contribution in [3.8, 4) is 0 Å². The van der Waals surface area contributed by atoms with Crippen molar-refractivity contribution in [1.82, 2.24) is 0 Å². The lowest BCUT2D eigenvalue weighted by Gasteiger charge is -2.19. The zero-order valence-electron chi connectivity index (χ0n) is 9.17. The first-order valence-electron chi connectivity index (χ1n) is 5.38. The van der Waals surface area contributed by atoms with Crippen LogP contribution in [-0.4, -0.2) is 13.2 Å². The van der Waals surface area contributed by atoms with Crippen LogP contribution >= 0.6 is 0 Å². The van der Waals surface area contributed by atoms with E-state index in [1.165, 1.54) is 19.1 Å². The molecule has 2 nitrogen and oxygen atoms in total. The van der Waals surface area contributed by atoms with Gasteiger partial charge in [0.1, 0.15) is 11.6 Å². The lowest BCUT2D eigenvalue weighted by Crippen LogP contribution is -2.23. The average molecular weight is 227 g/mol. The van der Waals surface area contributed by atoms with Gasteiger partial charge in [0.2, 0.25) is 0 Å². The first-order chi connectivity index (χ1) is 7.59. The van der Waals surface area contributed by atoms with Gasteiger partial charge >= 0.3 is 0 Å². The van der Waals surface area contributed by atoms with Crippen LogP contribution in [0.25, 0.3) is 0 Å². The highest BCUT2D eigenvalue weighted by molar-refractivity contribution is 5.28. The van der Waals surface area contributed by atoms with Gasteiger partial charge in [-0.05, 0) is 31.0 Å². The molecular formula is C12H15F2NO. The van der Waals surface area contributed by atoms with E-state index in [2.05, 4.69) is 0 Å². The van der Waals surface area contributed by atoms with E-state index < -0.39 is 17.7 Å². The van der Waals surface area contributed by atoms with Crippen LogP contribution in [0.5, 0.6) is 0 Å². The van der Waals surface area contributed by atoms with Crippen LogP contribution in [0.1, 0.15) is 23.6 Å². The van der Waals surface area contributed by atoms with Crippen molar-refractivity contribution < 1.29 is 13.5 Å². The van der Waals surface area contributed by atoms with Crippen LogP contribution in [0.2, 0.25) is 0 Å². The van der Waals surface area contributed by atoms with Crippen LogP contribution in [0.3, 0.4) is 0 Å². The minimum absolute atomic E-state index is 0.0802. The molecule has 1 aliphatic rings. The Morgan fingerprint density at radius 1 is 1.38 bits per heavy atom. The van der Waals surface area contributed by atoms with Gasteiger partial charge in [-0.2, -0.15) is 0 Å². The summed E-state index contributed by atoms with van der Waals surface area (Å²) in [6.07, 6.45) is 0.802. The Labute approximate surface area is 93.4 Å². The quantitative estimate of drug-likeness (QED) is 0.841. The minimum Gasteiger partial charge on any atom is -0.381 e. The van der Waals surface area contributed by atoms with Crippen molar-refractivity contribution in [2.24, 2.45) is 11.7 Å². The second-order valence-corrected chi connectivity index (χ2v) is 4.27. The summed E-state index contributed by atoms with van der Waals surface area (Å²) in [5.41, 5.74) is 6.48. The molecule has 2 N–H and O–H groups in total. The summed E-state index contributed by atoms with van der Waals surface area (Å²) >= 11 is 0. The molecule has 0 spiro atoms. The van der Waals surface area contributed by atoms with E-state index in [-0.39, 0.29) is 11.5 Å². The maximum absolute atomic E-state index is 13.6. The van der Waals surface area contributed by atoms with Crippen molar-refractivity contribution in [2.75, 3.05) is 13.2 Å². The molecule has 1 aromatic rings. The molecule has 0 saturated carbocycles. The molecule has 1 fully saturated rings. The van der Waals surface area contributed by atoms with Crippen LogP contribution in [0, 0.1) is 24.5 Å². The molecular weight excluding hydrogens is 212 g/mol. The first kappa shape index (κ1) is 11.5. The normalized spacial score (nSPS) is 22.4. The van der Waals surface area contributed by atoms with E-state index in [1.54, 1.807) is 0 Å². The Morgan fingerprint density at radius 3 is 2.75 bits per heavy atom. The highest BCUT2D eigenvalue weighted by atomic mass is 19.1. The van der Waals surface area contributed by atoms with Gasteiger partial charge in [-0.25, -0.2) is 8.78 Å². The number of halogens is 2. The molecule has 1 saturated heterocycles. The zero-order chi connectivity index (χ0) is 11.7. The Morgan fingerprint density at radius 2 is 2.12 bits per heavy atom. The molecule has 2 unspecified atom stereocenters. The molecule has 16 heavy (non-hydrogen) atoms. The fourth-order valence-electron chi connectivity index (χ4n) is 2.01. The second-order valence-electron chi connectivity index (χ2n) is 4.27. The molecule has 2 atom stereocenters. The molecule has 0 radical (unpaired) electrons. The molecule has 0 amide bonds. The molecule has 1 aromatic carbocycles. The predicted molar refractivity (Wildman–Crippen MR) is 56.9 cm³/mol. The zero-order valence-corrected chi connectivity index (χ0v) is 9.17. The van der Waals surface area contributed by atoms with E-state index >= 15 is 0 Å². The number of benzene rings is 1.